The summed E-state index contributed by atoms with van der Waals surface area (Å²) >= 11 is 0. The Morgan fingerprint density at radius 1 is 0.833 bits per heavy atom. The first-order chi connectivity index (χ1) is 8.56. The van der Waals surface area contributed by atoms with Gasteiger partial charge in [-0.05, 0) is 11.1 Å². The van der Waals surface area contributed by atoms with E-state index in [1.54, 1.807) is 0 Å². The maximum absolute atomic E-state index is 11.4. The topological polar surface area (TPSA) is 46.2 Å². The van der Waals surface area contributed by atoms with Gasteiger partial charge in [-0.1, -0.05) is 60.7 Å². The van der Waals surface area contributed by atoms with Crippen LogP contribution in [0.4, 0.5) is 0 Å². The second-order valence-electron chi connectivity index (χ2n) is 3.99. The molecule has 18 heavy (non-hydrogen) atoms. The van der Waals surface area contributed by atoms with Gasteiger partial charge in [-0.3, -0.25) is 0 Å². The molecule has 0 aromatic heterocycles. The highest BCUT2D eigenvalue weighted by Gasteiger charge is 2.17. The van der Waals surface area contributed by atoms with Crippen LogP contribution >= 0.6 is 0 Å². The molecule has 1 radical (unpaired) electrons. The molecule has 0 spiro atoms. The third-order valence-electron chi connectivity index (χ3n) is 2.56. The van der Waals surface area contributed by atoms with Crippen molar-refractivity contribution in [2.75, 3.05) is 0 Å². The fraction of sp³-hybridized carbons (Fsp3) is 0.0714. The molecule has 0 aliphatic heterocycles. The first-order valence-corrected chi connectivity index (χ1v) is 7.17. The van der Waals surface area contributed by atoms with E-state index in [2.05, 4.69) is 11.0 Å². The molecule has 0 aliphatic carbocycles. The van der Waals surface area contributed by atoms with Crippen molar-refractivity contribution in [1.29, 1.82) is 0 Å². The maximum Gasteiger partial charge on any atom is 0.213 e. The highest BCUT2D eigenvalue weighted by molar-refractivity contribution is 7.90. The number of benzene rings is 2. The summed E-state index contributed by atoms with van der Waals surface area (Å²) < 4.78 is 25.3. The molecule has 93 valence electrons. The maximum atomic E-state index is 11.4. The monoisotopic (exact) mass is 260 g/mol. The van der Waals surface area contributed by atoms with E-state index in [4.69, 9.17) is 0 Å². The Kier molecular flexibility index (Phi) is 3.79. The highest BCUT2D eigenvalue weighted by atomic mass is 32.2. The molecule has 3 nitrogen and oxygen atoms in total. The van der Waals surface area contributed by atoms with E-state index >= 15 is 0 Å². The van der Waals surface area contributed by atoms with Gasteiger partial charge in [-0.2, -0.15) is 0 Å². The van der Waals surface area contributed by atoms with Crippen LogP contribution in [0.3, 0.4) is 0 Å². The molecule has 0 amide bonds. The number of rotatable bonds is 4. The number of sulfonamides is 1. The number of hydrogen-bond acceptors (Lipinski definition) is 2. The smallest absolute Gasteiger partial charge is 0.212 e. The van der Waals surface area contributed by atoms with Crippen molar-refractivity contribution in [2.45, 2.75) is 6.04 Å². The van der Waals surface area contributed by atoms with E-state index in [1.807, 2.05) is 60.7 Å². The van der Waals surface area contributed by atoms with Crippen LogP contribution < -0.4 is 4.72 Å². The Labute approximate surface area is 108 Å². The van der Waals surface area contributed by atoms with Gasteiger partial charge in [0.25, 0.3) is 0 Å². The summed E-state index contributed by atoms with van der Waals surface area (Å²) in [7, 11) is -3.52. The molecule has 0 bridgehead atoms. The van der Waals surface area contributed by atoms with Crippen LogP contribution in [-0.2, 0) is 10.0 Å². The van der Waals surface area contributed by atoms with Crippen LogP contribution in [0.15, 0.2) is 60.7 Å². The van der Waals surface area contributed by atoms with Gasteiger partial charge in [0.05, 0.1) is 12.3 Å². The largest absolute Gasteiger partial charge is 0.213 e. The fourth-order valence-corrected chi connectivity index (χ4v) is 2.43. The lowest BCUT2D eigenvalue weighted by Gasteiger charge is -2.18. The highest BCUT2D eigenvalue weighted by Crippen LogP contribution is 2.22. The lowest BCUT2D eigenvalue weighted by atomic mass is 10.00. The Hall–Kier alpha value is -1.65. The summed E-state index contributed by atoms with van der Waals surface area (Å²) in [5.74, 6) is 0. The molecular formula is C14H14NO2S. The van der Waals surface area contributed by atoms with Gasteiger partial charge in [-0.15, -0.1) is 0 Å². The minimum atomic E-state index is -3.52. The van der Waals surface area contributed by atoms with E-state index in [9.17, 15) is 8.42 Å². The van der Waals surface area contributed by atoms with E-state index in [1.165, 1.54) is 0 Å². The SMILES string of the molecule is [CH2]S(=O)(=O)NC(c1ccccc1)c1ccccc1. The van der Waals surface area contributed by atoms with Crippen molar-refractivity contribution >= 4 is 10.0 Å². The molecule has 4 heteroatoms. The number of hydrogen-bond donors (Lipinski definition) is 1. The van der Waals surface area contributed by atoms with Gasteiger partial charge in [0.1, 0.15) is 0 Å². The third kappa shape index (κ3) is 3.42. The van der Waals surface area contributed by atoms with Crippen molar-refractivity contribution in [3.8, 4) is 0 Å². The molecule has 2 aromatic carbocycles. The molecule has 1 N–H and O–H groups in total. The van der Waals surface area contributed by atoms with Crippen LogP contribution in [0.5, 0.6) is 0 Å². The van der Waals surface area contributed by atoms with E-state index in [0.29, 0.717) is 0 Å². The lowest BCUT2D eigenvalue weighted by Crippen LogP contribution is -2.27. The first-order valence-electron chi connectivity index (χ1n) is 5.51. The molecule has 0 heterocycles. The summed E-state index contributed by atoms with van der Waals surface area (Å²) in [6.07, 6.45) is 3.12. The van der Waals surface area contributed by atoms with Gasteiger partial charge >= 0.3 is 0 Å². The Balaban J connectivity index is 2.42. The second-order valence-corrected chi connectivity index (χ2v) is 5.45. The zero-order valence-electron chi connectivity index (χ0n) is 9.78. The van der Waals surface area contributed by atoms with Crippen LogP contribution in [0.2, 0.25) is 0 Å². The van der Waals surface area contributed by atoms with E-state index < -0.39 is 16.1 Å². The quantitative estimate of drug-likeness (QED) is 0.918. The molecule has 0 saturated heterocycles. The number of nitrogens with one attached hydrogen (secondary N) is 1. The molecular weight excluding hydrogens is 246 g/mol. The summed E-state index contributed by atoms with van der Waals surface area (Å²) in [5, 5.41) is 0. The van der Waals surface area contributed by atoms with Crippen molar-refractivity contribution in [3.05, 3.63) is 78.0 Å². The van der Waals surface area contributed by atoms with Crippen LogP contribution in [0.1, 0.15) is 17.2 Å². The summed E-state index contributed by atoms with van der Waals surface area (Å²) in [6, 6.07) is 18.4. The second kappa shape index (κ2) is 5.33. The van der Waals surface area contributed by atoms with Crippen molar-refractivity contribution in [3.63, 3.8) is 0 Å². The molecule has 0 atom stereocenters. The van der Waals surface area contributed by atoms with Gasteiger partial charge < -0.3 is 0 Å². The molecule has 0 saturated carbocycles. The van der Waals surface area contributed by atoms with E-state index in [0.717, 1.165) is 11.1 Å². The summed E-state index contributed by atoms with van der Waals surface area (Å²) in [5.41, 5.74) is 1.77. The minimum Gasteiger partial charge on any atom is -0.212 e. The zero-order chi connectivity index (χ0) is 13.0. The molecule has 0 fully saturated rings. The normalized spacial score (nSPS) is 11.7. The molecule has 2 aromatic rings. The minimum absolute atomic E-state index is 0.408. The fourth-order valence-electron chi connectivity index (χ4n) is 1.80. The molecule has 0 aliphatic rings. The van der Waals surface area contributed by atoms with Gasteiger partial charge in [0.15, 0.2) is 0 Å². The van der Waals surface area contributed by atoms with Crippen molar-refractivity contribution < 1.29 is 8.42 Å². The van der Waals surface area contributed by atoms with E-state index in [-0.39, 0.29) is 0 Å². The van der Waals surface area contributed by atoms with Gasteiger partial charge in [-0.25, -0.2) is 13.1 Å². The summed E-state index contributed by atoms with van der Waals surface area (Å²) in [4.78, 5) is 0. The third-order valence-corrected chi connectivity index (χ3v) is 3.16. The molecule has 2 rings (SSSR count). The Morgan fingerprint density at radius 3 is 1.56 bits per heavy atom. The lowest BCUT2D eigenvalue weighted by molar-refractivity contribution is 0.581. The van der Waals surface area contributed by atoms with Crippen molar-refractivity contribution in [2.24, 2.45) is 0 Å². The summed E-state index contributed by atoms with van der Waals surface area (Å²) in [6.45, 7) is 0. The Bertz CT molecular complexity index is 555. The van der Waals surface area contributed by atoms with Crippen LogP contribution in [-0.4, -0.2) is 8.42 Å². The standard InChI is InChI=1S/C14H14NO2S/c1-18(16,17)15-14(12-8-4-2-5-9-12)13-10-6-3-7-11-13/h2-11,14-15H,1H2. The Morgan fingerprint density at radius 2 is 1.22 bits per heavy atom. The van der Waals surface area contributed by atoms with Crippen molar-refractivity contribution in [1.82, 2.24) is 4.72 Å². The van der Waals surface area contributed by atoms with Gasteiger partial charge in [0, 0.05) is 0 Å². The predicted octanol–water partition coefficient (Wildman–Crippen LogP) is 2.49. The van der Waals surface area contributed by atoms with Gasteiger partial charge in [0.2, 0.25) is 10.0 Å². The van der Waals surface area contributed by atoms with Crippen LogP contribution in [0, 0.1) is 6.26 Å². The molecule has 0 unspecified atom stereocenters. The average Bonchev–Trinajstić information content (AvgIpc) is 2.37. The average molecular weight is 260 g/mol. The van der Waals surface area contributed by atoms with Crippen LogP contribution in [0.25, 0.3) is 0 Å². The first kappa shape index (κ1) is 12.8. The predicted molar refractivity (Wildman–Crippen MR) is 72.1 cm³/mol. The zero-order valence-corrected chi connectivity index (χ0v) is 10.6.